The van der Waals surface area contributed by atoms with E-state index in [4.69, 9.17) is 4.74 Å². The lowest BCUT2D eigenvalue weighted by molar-refractivity contribution is -0.167. The highest BCUT2D eigenvalue weighted by atomic mass is 16.6. The van der Waals surface area contributed by atoms with Gasteiger partial charge < -0.3 is 4.74 Å². The Bertz CT molecular complexity index is 280. The van der Waals surface area contributed by atoms with Gasteiger partial charge >= 0.3 is 5.97 Å². The number of carbonyl (C=O) groups excluding carboxylic acids is 1. The number of carbonyl (C=O) groups is 1. The maximum absolute atomic E-state index is 11.7. The maximum atomic E-state index is 11.7. The molecule has 2 nitrogen and oxygen atoms in total. The van der Waals surface area contributed by atoms with Crippen molar-refractivity contribution in [2.75, 3.05) is 0 Å². The minimum absolute atomic E-state index is 0.0159. The van der Waals surface area contributed by atoms with E-state index in [0.29, 0.717) is 5.92 Å². The van der Waals surface area contributed by atoms with Crippen LogP contribution in [0.5, 0.6) is 0 Å². The highest BCUT2D eigenvalue weighted by Crippen LogP contribution is 2.52. The summed E-state index contributed by atoms with van der Waals surface area (Å²) in [5.74, 6) is 2.24. The summed E-state index contributed by atoms with van der Waals surface area (Å²) in [7, 11) is 0. The summed E-state index contributed by atoms with van der Waals surface area (Å²) in [5.41, 5.74) is -0.263. The van der Waals surface area contributed by atoms with Gasteiger partial charge in [-0.1, -0.05) is 20.3 Å². The molecular formula is C14H24O2. The first-order valence-corrected chi connectivity index (χ1v) is 6.63. The molecule has 2 heteroatoms. The van der Waals surface area contributed by atoms with Crippen molar-refractivity contribution in [3.05, 3.63) is 0 Å². The van der Waals surface area contributed by atoms with Crippen molar-refractivity contribution in [1.82, 2.24) is 0 Å². The number of fused-ring (bicyclic) bond motifs is 2. The van der Waals surface area contributed by atoms with Gasteiger partial charge in [-0.05, 0) is 44.9 Å². The van der Waals surface area contributed by atoms with Crippen molar-refractivity contribution in [1.29, 1.82) is 0 Å². The van der Waals surface area contributed by atoms with Crippen LogP contribution in [-0.4, -0.2) is 11.6 Å². The molecule has 0 heterocycles. The topological polar surface area (TPSA) is 26.3 Å². The van der Waals surface area contributed by atoms with Crippen LogP contribution >= 0.6 is 0 Å². The zero-order valence-electron chi connectivity index (χ0n) is 11.0. The standard InChI is InChI=1S/C14H24O2/c1-9(2)13(15)16-14(3,4)12-8-10-5-6-11(12)7-10/h9-12H,5-8H2,1-4H3. The van der Waals surface area contributed by atoms with Crippen molar-refractivity contribution >= 4 is 5.97 Å². The minimum Gasteiger partial charge on any atom is -0.459 e. The lowest BCUT2D eigenvalue weighted by Gasteiger charge is -2.37. The van der Waals surface area contributed by atoms with E-state index in [-0.39, 0.29) is 17.5 Å². The van der Waals surface area contributed by atoms with Crippen molar-refractivity contribution < 1.29 is 9.53 Å². The van der Waals surface area contributed by atoms with E-state index in [1.165, 1.54) is 25.7 Å². The molecule has 0 aliphatic heterocycles. The Balaban J connectivity index is 1.99. The van der Waals surface area contributed by atoms with Crippen LogP contribution in [0.15, 0.2) is 0 Å². The first kappa shape index (κ1) is 11.9. The second-order valence-corrected chi connectivity index (χ2v) is 6.46. The first-order valence-electron chi connectivity index (χ1n) is 6.63. The molecule has 2 rings (SSSR count). The van der Waals surface area contributed by atoms with Crippen LogP contribution in [0, 0.1) is 23.7 Å². The largest absolute Gasteiger partial charge is 0.459 e. The molecule has 16 heavy (non-hydrogen) atoms. The van der Waals surface area contributed by atoms with Crippen LogP contribution in [0.25, 0.3) is 0 Å². The van der Waals surface area contributed by atoms with E-state index >= 15 is 0 Å². The average Bonchev–Trinajstić information content (AvgIpc) is 2.77. The Kier molecular flexibility index (Phi) is 3.02. The van der Waals surface area contributed by atoms with Gasteiger partial charge in [0, 0.05) is 5.92 Å². The summed E-state index contributed by atoms with van der Waals surface area (Å²) in [6.45, 7) is 8.00. The lowest BCUT2D eigenvalue weighted by atomic mass is 9.78. The molecule has 0 N–H and O–H groups in total. The first-order chi connectivity index (χ1) is 7.40. The molecule has 2 bridgehead atoms. The molecule has 2 saturated carbocycles. The summed E-state index contributed by atoms with van der Waals surface area (Å²) < 4.78 is 5.70. The SMILES string of the molecule is CC(C)C(=O)OC(C)(C)C1CC2CCC1C2. The van der Waals surface area contributed by atoms with Crippen LogP contribution in [0.1, 0.15) is 53.4 Å². The highest BCUT2D eigenvalue weighted by molar-refractivity contribution is 5.72. The molecule has 3 atom stereocenters. The normalized spacial score (nSPS) is 33.4. The van der Waals surface area contributed by atoms with Crippen LogP contribution in [-0.2, 0) is 9.53 Å². The Morgan fingerprint density at radius 3 is 2.38 bits per heavy atom. The van der Waals surface area contributed by atoms with Crippen LogP contribution < -0.4 is 0 Å². The summed E-state index contributed by atoms with van der Waals surface area (Å²) >= 11 is 0. The monoisotopic (exact) mass is 224 g/mol. The fourth-order valence-corrected chi connectivity index (χ4v) is 3.55. The second-order valence-electron chi connectivity index (χ2n) is 6.46. The highest BCUT2D eigenvalue weighted by Gasteiger charge is 2.48. The van der Waals surface area contributed by atoms with Crippen LogP contribution in [0.3, 0.4) is 0 Å². The van der Waals surface area contributed by atoms with Crippen molar-refractivity contribution in [3.8, 4) is 0 Å². The molecule has 3 unspecified atom stereocenters. The number of ether oxygens (including phenoxy) is 1. The zero-order chi connectivity index (χ0) is 11.9. The molecule has 0 amide bonds. The van der Waals surface area contributed by atoms with Gasteiger partial charge in [0.1, 0.15) is 5.60 Å². The fraction of sp³-hybridized carbons (Fsp3) is 0.929. The summed E-state index contributed by atoms with van der Waals surface area (Å²) in [4.78, 5) is 11.7. The third kappa shape index (κ3) is 2.11. The molecule has 92 valence electrons. The fourth-order valence-electron chi connectivity index (χ4n) is 3.55. The molecular weight excluding hydrogens is 200 g/mol. The molecule has 2 aliphatic carbocycles. The van der Waals surface area contributed by atoms with E-state index in [1.807, 2.05) is 13.8 Å². The number of rotatable bonds is 3. The molecule has 0 spiro atoms. The van der Waals surface area contributed by atoms with E-state index in [2.05, 4.69) is 13.8 Å². The van der Waals surface area contributed by atoms with Crippen LogP contribution in [0.2, 0.25) is 0 Å². The molecule has 2 aliphatic rings. The van der Waals surface area contributed by atoms with Gasteiger partial charge in [0.05, 0.1) is 5.92 Å². The van der Waals surface area contributed by atoms with E-state index in [9.17, 15) is 4.79 Å². The van der Waals surface area contributed by atoms with Gasteiger partial charge in [-0.15, -0.1) is 0 Å². The van der Waals surface area contributed by atoms with Gasteiger partial charge in [-0.25, -0.2) is 0 Å². The van der Waals surface area contributed by atoms with Crippen molar-refractivity contribution in [2.24, 2.45) is 23.7 Å². The van der Waals surface area contributed by atoms with Gasteiger partial charge in [-0.2, -0.15) is 0 Å². The second kappa shape index (κ2) is 4.05. The van der Waals surface area contributed by atoms with Gasteiger partial charge in [0.15, 0.2) is 0 Å². The summed E-state index contributed by atoms with van der Waals surface area (Å²) in [6.07, 6.45) is 5.38. The van der Waals surface area contributed by atoms with E-state index < -0.39 is 0 Å². The molecule has 0 saturated heterocycles. The summed E-state index contributed by atoms with van der Waals surface area (Å²) in [5, 5.41) is 0. The molecule has 0 aromatic heterocycles. The summed E-state index contributed by atoms with van der Waals surface area (Å²) in [6, 6.07) is 0. The third-order valence-corrected chi connectivity index (χ3v) is 4.47. The van der Waals surface area contributed by atoms with Gasteiger partial charge in [0.2, 0.25) is 0 Å². The number of hydrogen-bond donors (Lipinski definition) is 0. The number of hydrogen-bond acceptors (Lipinski definition) is 2. The molecule has 0 radical (unpaired) electrons. The van der Waals surface area contributed by atoms with Crippen molar-refractivity contribution in [2.45, 2.75) is 59.0 Å². The zero-order valence-corrected chi connectivity index (χ0v) is 11.0. The molecule has 0 aromatic rings. The quantitative estimate of drug-likeness (QED) is 0.687. The molecule has 0 aromatic carbocycles. The minimum atomic E-state index is -0.263. The van der Waals surface area contributed by atoms with Gasteiger partial charge in [0.25, 0.3) is 0 Å². The third-order valence-electron chi connectivity index (χ3n) is 4.47. The smallest absolute Gasteiger partial charge is 0.308 e. The Labute approximate surface area is 98.7 Å². The molecule has 2 fully saturated rings. The lowest BCUT2D eigenvalue weighted by Crippen LogP contribution is -2.40. The van der Waals surface area contributed by atoms with E-state index in [0.717, 1.165) is 11.8 Å². The Morgan fingerprint density at radius 1 is 1.25 bits per heavy atom. The number of esters is 1. The Hall–Kier alpha value is -0.530. The predicted octanol–water partition coefficient (Wildman–Crippen LogP) is 3.40. The van der Waals surface area contributed by atoms with Gasteiger partial charge in [-0.3, -0.25) is 4.79 Å². The van der Waals surface area contributed by atoms with Crippen LogP contribution in [0.4, 0.5) is 0 Å². The van der Waals surface area contributed by atoms with Crippen molar-refractivity contribution in [3.63, 3.8) is 0 Å². The average molecular weight is 224 g/mol. The predicted molar refractivity (Wildman–Crippen MR) is 63.9 cm³/mol. The maximum Gasteiger partial charge on any atom is 0.308 e. The Morgan fingerprint density at radius 2 is 1.94 bits per heavy atom. The van der Waals surface area contributed by atoms with E-state index in [1.54, 1.807) is 0 Å².